The van der Waals surface area contributed by atoms with E-state index in [1.54, 1.807) is 0 Å². The molecule has 0 bridgehead atoms. The molecule has 1 aromatic rings. The zero-order valence-electron chi connectivity index (χ0n) is 7.75. The number of hydrogen-bond donors (Lipinski definition) is 3. The van der Waals surface area contributed by atoms with E-state index in [0.29, 0.717) is 17.9 Å². The average Bonchev–Trinajstić information content (AvgIpc) is 2.52. The second kappa shape index (κ2) is 3.33. The van der Waals surface area contributed by atoms with E-state index in [2.05, 4.69) is 27.4 Å². The van der Waals surface area contributed by atoms with Crippen LogP contribution in [0, 0.1) is 0 Å². The predicted octanol–water partition coefficient (Wildman–Crippen LogP) is 0.242. The smallest absolute Gasteiger partial charge is 0.239 e. The molecule has 0 aliphatic carbocycles. The number of rotatable bonds is 1. The number of nitrogens with one attached hydrogen (secondary N) is 2. The molecule has 1 aliphatic heterocycles. The first-order valence-corrected chi connectivity index (χ1v) is 4.67. The number of hydrogen-bond acceptors (Lipinski definition) is 4. The highest BCUT2D eigenvalue weighted by Crippen LogP contribution is 2.24. The Morgan fingerprint density at radius 1 is 1.54 bits per heavy atom. The summed E-state index contributed by atoms with van der Waals surface area (Å²) in [5.74, 6) is 1.77. The summed E-state index contributed by atoms with van der Waals surface area (Å²) in [5, 5.41) is 10.1. The van der Waals surface area contributed by atoms with Gasteiger partial charge in [0, 0.05) is 12.0 Å². The van der Waals surface area contributed by atoms with Gasteiger partial charge in [0.2, 0.25) is 5.95 Å². The summed E-state index contributed by atoms with van der Waals surface area (Å²) in [5.41, 5.74) is 5.45. The summed E-state index contributed by atoms with van der Waals surface area (Å²) in [6, 6.07) is 0.560. The molecule has 0 radical (unpaired) electrons. The Bertz CT molecular complexity index is 282. The quantitative estimate of drug-likeness (QED) is 0.580. The molecule has 72 valence electrons. The normalized spacial score (nSPS) is 29.0. The Hall–Kier alpha value is -1.10. The Morgan fingerprint density at radius 2 is 2.38 bits per heavy atom. The van der Waals surface area contributed by atoms with Crippen LogP contribution in [-0.4, -0.2) is 27.8 Å². The lowest BCUT2D eigenvalue weighted by atomic mass is 9.93. The first-order valence-electron chi connectivity index (χ1n) is 4.67. The van der Waals surface area contributed by atoms with E-state index in [0.717, 1.165) is 25.2 Å². The first kappa shape index (κ1) is 8.50. The summed E-state index contributed by atoms with van der Waals surface area (Å²) in [4.78, 5) is 4.15. The van der Waals surface area contributed by atoms with Gasteiger partial charge in [0.25, 0.3) is 0 Å². The van der Waals surface area contributed by atoms with Crippen molar-refractivity contribution >= 4 is 5.95 Å². The second-order valence-electron chi connectivity index (χ2n) is 3.66. The van der Waals surface area contributed by atoms with E-state index >= 15 is 0 Å². The lowest BCUT2D eigenvalue weighted by Crippen LogP contribution is -2.35. The molecule has 1 fully saturated rings. The Morgan fingerprint density at radius 3 is 3.00 bits per heavy atom. The predicted molar refractivity (Wildman–Crippen MR) is 50.2 cm³/mol. The van der Waals surface area contributed by atoms with Crippen molar-refractivity contribution in [3.05, 3.63) is 5.82 Å². The number of piperidine rings is 1. The van der Waals surface area contributed by atoms with Gasteiger partial charge in [-0.2, -0.15) is 4.98 Å². The van der Waals surface area contributed by atoms with Crippen LogP contribution in [0.1, 0.15) is 31.5 Å². The van der Waals surface area contributed by atoms with E-state index in [1.807, 2.05) is 0 Å². The van der Waals surface area contributed by atoms with Crippen LogP contribution in [0.25, 0.3) is 0 Å². The van der Waals surface area contributed by atoms with Crippen LogP contribution >= 0.6 is 0 Å². The van der Waals surface area contributed by atoms with E-state index < -0.39 is 0 Å². The van der Waals surface area contributed by atoms with Crippen molar-refractivity contribution in [2.24, 2.45) is 0 Å². The highest BCUT2D eigenvalue weighted by atomic mass is 15.3. The van der Waals surface area contributed by atoms with E-state index in [4.69, 9.17) is 5.73 Å². The molecule has 4 N–H and O–H groups in total. The summed E-state index contributed by atoms with van der Waals surface area (Å²) >= 11 is 0. The van der Waals surface area contributed by atoms with Gasteiger partial charge in [0.1, 0.15) is 5.82 Å². The topological polar surface area (TPSA) is 79.6 Å². The van der Waals surface area contributed by atoms with Crippen molar-refractivity contribution in [1.29, 1.82) is 0 Å². The maximum atomic E-state index is 5.45. The number of aromatic nitrogens is 3. The molecule has 1 saturated heterocycles. The Balaban J connectivity index is 2.08. The number of nitrogen functional groups attached to an aromatic ring is 1. The van der Waals surface area contributed by atoms with Gasteiger partial charge >= 0.3 is 0 Å². The zero-order valence-corrected chi connectivity index (χ0v) is 7.75. The van der Waals surface area contributed by atoms with Crippen LogP contribution in [0.3, 0.4) is 0 Å². The third-order valence-corrected chi connectivity index (χ3v) is 2.53. The fourth-order valence-corrected chi connectivity index (χ4v) is 1.85. The molecule has 0 spiro atoms. The highest BCUT2D eigenvalue weighted by Gasteiger charge is 2.22. The molecule has 5 nitrogen and oxygen atoms in total. The van der Waals surface area contributed by atoms with Crippen molar-refractivity contribution in [3.63, 3.8) is 0 Å². The lowest BCUT2D eigenvalue weighted by Gasteiger charge is -2.26. The molecule has 13 heavy (non-hydrogen) atoms. The van der Waals surface area contributed by atoms with Gasteiger partial charge < -0.3 is 11.1 Å². The maximum absolute atomic E-state index is 5.45. The third-order valence-electron chi connectivity index (χ3n) is 2.53. The second-order valence-corrected chi connectivity index (χ2v) is 3.66. The standard InChI is InChI=1S/C8H15N5/c1-5-4-6(2-3-10-5)7-11-8(9)13-12-7/h5-6,10H,2-4H2,1H3,(H3,9,11,12,13). The summed E-state index contributed by atoms with van der Waals surface area (Å²) < 4.78 is 0. The van der Waals surface area contributed by atoms with Gasteiger partial charge in [0.15, 0.2) is 0 Å². The van der Waals surface area contributed by atoms with E-state index in [9.17, 15) is 0 Å². The Labute approximate surface area is 77.1 Å². The van der Waals surface area contributed by atoms with Crippen LogP contribution in [0.4, 0.5) is 5.95 Å². The van der Waals surface area contributed by atoms with Crippen LogP contribution in [0.15, 0.2) is 0 Å². The highest BCUT2D eigenvalue weighted by molar-refractivity contribution is 5.15. The molecule has 0 saturated carbocycles. The molecule has 2 heterocycles. The van der Waals surface area contributed by atoms with Gasteiger partial charge in [-0.05, 0) is 26.3 Å². The minimum absolute atomic E-state index is 0.348. The number of nitrogens with two attached hydrogens (primary N) is 1. The maximum Gasteiger partial charge on any atom is 0.239 e. The first-order chi connectivity index (χ1) is 6.25. The number of nitrogens with zero attached hydrogens (tertiary/aromatic N) is 2. The van der Waals surface area contributed by atoms with E-state index in [1.165, 1.54) is 0 Å². The molecule has 0 amide bonds. The van der Waals surface area contributed by atoms with Crippen LogP contribution in [0.5, 0.6) is 0 Å². The average molecular weight is 181 g/mol. The minimum Gasteiger partial charge on any atom is -0.367 e. The SMILES string of the molecule is CC1CC(c2nc(N)n[nH]2)CCN1. The molecule has 2 rings (SSSR count). The van der Waals surface area contributed by atoms with Crippen LogP contribution < -0.4 is 11.1 Å². The van der Waals surface area contributed by atoms with Gasteiger partial charge in [-0.1, -0.05) is 0 Å². The van der Waals surface area contributed by atoms with Crippen molar-refractivity contribution in [1.82, 2.24) is 20.5 Å². The number of aromatic amines is 1. The number of H-pyrrole nitrogens is 1. The van der Waals surface area contributed by atoms with Gasteiger partial charge in [-0.25, -0.2) is 0 Å². The van der Waals surface area contributed by atoms with Crippen LogP contribution in [-0.2, 0) is 0 Å². The lowest BCUT2D eigenvalue weighted by molar-refractivity contribution is 0.372. The molecule has 1 aliphatic rings. The Kier molecular flexibility index (Phi) is 2.18. The fourth-order valence-electron chi connectivity index (χ4n) is 1.85. The van der Waals surface area contributed by atoms with Gasteiger partial charge in [-0.15, -0.1) is 5.10 Å². The van der Waals surface area contributed by atoms with Gasteiger partial charge in [-0.3, -0.25) is 5.10 Å². The third kappa shape index (κ3) is 1.80. The zero-order chi connectivity index (χ0) is 9.26. The molecular weight excluding hydrogens is 166 g/mol. The minimum atomic E-state index is 0.348. The van der Waals surface area contributed by atoms with Crippen molar-refractivity contribution in [2.45, 2.75) is 31.7 Å². The molecule has 5 heteroatoms. The molecule has 2 unspecified atom stereocenters. The molecule has 0 aromatic carbocycles. The van der Waals surface area contributed by atoms with Crippen molar-refractivity contribution in [2.75, 3.05) is 12.3 Å². The summed E-state index contributed by atoms with van der Waals surface area (Å²) in [6.45, 7) is 3.23. The summed E-state index contributed by atoms with van der Waals surface area (Å²) in [6.07, 6.45) is 2.22. The molecule has 2 atom stereocenters. The summed E-state index contributed by atoms with van der Waals surface area (Å²) in [7, 11) is 0. The largest absolute Gasteiger partial charge is 0.367 e. The van der Waals surface area contributed by atoms with Crippen molar-refractivity contribution in [3.8, 4) is 0 Å². The van der Waals surface area contributed by atoms with Crippen molar-refractivity contribution < 1.29 is 0 Å². The van der Waals surface area contributed by atoms with Gasteiger partial charge in [0.05, 0.1) is 0 Å². The fraction of sp³-hybridized carbons (Fsp3) is 0.750. The van der Waals surface area contributed by atoms with E-state index in [-0.39, 0.29) is 0 Å². The molecule has 1 aromatic heterocycles. The number of anilines is 1. The monoisotopic (exact) mass is 181 g/mol. The molecular formula is C8H15N5. The van der Waals surface area contributed by atoms with Crippen LogP contribution in [0.2, 0.25) is 0 Å².